The molecule has 1 aliphatic carbocycles. The second-order valence-corrected chi connectivity index (χ2v) is 2.01. The van der Waals surface area contributed by atoms with Crippen LogP contribution in [0.1, 0.15) is 12.8 Å². The Morgan fingerprint density at radius 1 is 1.67 bits per heavy atom. The standard InChI is InChI=1S/C6H8O2.Li.H/c1-5-2-6(3-5)8-4-7;;/h4,6H,1-3H2;;. The maximum absolute atomic E-state index is 9.66. The topological polar surface area (TPSA) is 26.3 Å². The molecule has 2 nitrogen and oxygen atoms in total. The summed E-state index contributed by atoms with van der Waals surface area (Å²) < 4.78 is 4.61. The molecule has 0 radical (unpaired) electrons. The van der Waals surface area contributed by atoms with Gasteiger partial charge in [-0.05, 0) is 0 Å². The third kappa shape index (κ3) is 2.25. The van der Waals surface area contributed by atoms with Gasteiger partial charge < -0.3 is 4.74 Å². The Labute approximate surface area is 66.4 Å². The van der Waals surface area contributed by atoms with E-state index in [0.29, 0.717) is 6.47 Å². The summed E-state index contributed by atoms with van der Waals surface area (Å²) in [5.74, 6) is 0. The molecule has 0 unspecified atom stereocenters. The molecule has 1 fully saturated rings. The molecular weight excluding hydrogens is 111 g/mol. The van der Waals surface area contributed by atoms with E-state index in [1.807, 2.05) is 0 Å². The van der Waals surface area contributed by atoms with Gasteiger partial charge in [-0.15, -0.1) is 0 Å². The zero-order chi connectivity index (χ0) is 5.98. The van der Waals surface area contributed by atoms with E-state index in [0.717, 1.165) is 12.8 Å². The molecule has 9 heavy (non-hydrogen) atoms. The first-order valence-corrected chi connectivity index (χ1v) is 2.58. The molecular formula is C6H9LiO2. The van der Waals surface area contributed by atoms with E-state index in [2.05, 4.69) is 11.3 Å². The summed E-state index contributed by atoms with van der Waals surface area (Å²) in [5, 5.41) is 0. The van der Waals surface area contributed by atoms with E-state index in [9.17, 15) is 4.79 Å². The van der Waals surface area contributed by atoms with Crippen molar-refractivity contribution in [3.05, 3.63) is 12.2 Å². The third-order valence-electron chi connectivity index (χ3n) is 1.28. The van der Waals surface area contributed by atoms with Gasteiger partial charge in [-0.2, -0.15) is 0 Å². The fraction of sp³-hybridized carbons (Fsp3) is 0.500. The van der Waals surface area contributed by atoms with Crippen molar-refractivity contribution in [2.75, 3.05) is 0 Å². The van der Waals surface area contributed by atoms with Crippen molar-refractivity contribution in [1.82, 2.24) is 0 Å². The number of carbonyl (C=O) groups is 1. The summed E-state index contributed by atoms with van der Waals surface area (Å²) >= 11 is 0. The molecule has 46 valence electrons. The second kappa shape index (κ2) is 3.76. The zero-order valence-electron chi connectivity index (χ0n) is 4.59. The molecule has 0 aromatic carbocycles. The van der Waals surface area contributed by atoms with Gasteiger partial charge >= 0.3 is 18.9 Å². The van der Waals surface area contributed by atoms with Crippen LogP contribution in [-0.2, 0) is 9.53 Å². The molecule has 1 saturated carbocycles. The summed E-state index contributed by atoms with van der Waals surface area (Å²) in [6.07, 6.45) is 1.86. The van der Waals surface area contributed by atoms with Crippen LogP contribution in [0.25, 0.3) is 0 Å². The van der Waals surface area contributed by atoms with Gasteiger partial charge in [-0.25, -0.2) is 0 Å². The second-order valence-electron chi connectivity index (χ2n) is 2.01. The van der Waals surface area contributed by atoms with Gasteiger partial charge in [0.1, 0.15) is 6.10 Å². The maximum atomic E-state index is 9.66. The van der Waals surface area contributed by atoms with Crippen LogP contribution in [0.15, 0.2) is 12.2 Å². The van der Waals surface area contributed by atoms with Crippen molar-refractivity contribution in [3.8, 4) is 0 Å². The van der Waals surface area contributed by atoms with Gasteiger partial charge in [-0.1, -0.05) is 12.2 Å². The number of ether oxygens (including phenoxy) is 1. The van der Waals surface area contributed by atoms with Crippen LogP contribution in [0.3, 0.4) is 0 Å². The summed E-state index contributed by atoms with van der Waals surface area (Å²) in [6.45, 7) is 4.19. The van der Waals surface area contributed by atoms with Gasteiger partial charge in [0.25, 0.3) is 6.47 Å². The number of hydrogen-bond donors (Lipinski definition) is 0. The molecule has 0 bridgehead atoms. The Bertz CT molecular complexity index is 111. The Morgan fingerprint density at radius 2 is 2.22 bits per heavy atom. The van der Waals surface area contributed by atoms with Crippen LogP contribution in [0.4, 0.5) is 0 Å². The van der Waals surface area contributed by atoms with E-state index in [1.165, 1.54) is 5.57 Å². The quantitative estimate of drug-likeness (QED) is 0.296. The molecule has 0 spiro atoms. The Balaban J connectivity index is 0.000000640. The van der Waals surface area contributed by atoms with Crippen LogP contribution in [0, 0.1) is 0 Å². The molecule has 0 aromatic heterocycles. The average molecular weight is 120 g/mol. The summed E-state index contributed by atoms with van der Waals surface area (Å²) in [4.78, 5) is 9.66. The predicted molar refractivity (Wildman–Crippen MR) is 36.5 cm³/mol. The number of carbonyl (C=O) groups excluding carboxylic acids is 1. The van der Waals surface area contributed by atoms with Crippen molar-refractivity contribution < 1.29 is 9.53 Å². The van der Waals surface area contributed by atoms with E-state index in [-0.39, 0.29) is 25.0 Å². The number of hydrogen-bond acceptors (Lipinski definition) is 2. The molecule has 0 amide bonds. The molecule has 1 aliphatic rings. The fourth-order valence-electron chi connectivity index (χ4n) is 0.759. The van der Waals surface area contributed by atoms with E-state index in [4.69, 9.17) is 0 Å². The van der Waals surface area contributed by atoms with Gasteiger partial charge in [0, 0.05) is 12.8 Å². The number of rotatable bonds is 2. The average Bonchev–Trinajstić information content (AvgIpc) is 1.64. The van der Waals surface area contributed by atoms with Crippen molar-refractivity contribution in [3.63, 3.8) is 0 Å². The molecule has 0 aromatic rings. The monoisotopic (exact) mass is 120 g/mol. The molecule has 0 N–H and O–H groups in total. The summed E-state index contributed by atoms with van der Waals surface area (Å²) in [7, 11) is 0. The van der Waals surface area contributed by atoms with Gasteiger partial charge in [0.2, 0.25) is 0 Å². The Morgan fingerprint density at radius 3 is 2.56 bits per heavy atom. The van der Waals surface area contributed by atoms with Crippen LogP contribution in [0.2, 0.25) is 0 Å². The predicted octanol–water partition coefficient (Wildman–Crippen LogP) is 0.229. The summed E-state index contributed by atoms with van der Waals surface area (Å²) in [6, 6.07) is 0. The first-order valence-electron chi connectivity index (χ1n) is 2.58. The van der Waals surface area contributed by atoms with Gasteiger partial charge in [0.05, 0.1) is 0 Å². The molecule has 3 heteroatoms. The first kappa shape index (κ1) is 8.81. The SMILES string of the molecule is C=C1CC(OC=O)C1.[LiH]. The third-order valence-corrected chi connectivity index (χ3v) is 1.28. The van der Waals surface area contributed by atoms with E-state index in [1.54, 1.807) is 0 Å². The molecule has 0 atom stereocenters. The molecule has 0 aliphatic heterocycles. The van der Waals surface area contributed by atoms with E-state index >= 15 is 0 Å². The normalized spacial score (nSPS) is 17.6. The Kier molecular flexibility index (Phi) is 3.68. The molecule has 1 rings (SSSR count). The summed E-state index contributed by atoms with van der Waals surface area (Å²) in [5.41, 5.74) is 1.18. The molecule has 0 saturated heterocycles. The fourth-order valence-corrected chi connectivity index (χ4v) is 0.759. The minimum atomic E-state index is 0. The first-order chi connectivity index (χ1) is 3.83. The Hall–Kier alpha value is -0.193. The van der Waals surface area contributed by atoms with Crippen molar-refractivity contribution in [2.24, 2.45) is 0 Å². The van der Waals surface area contributed by atoms with Crippen LogP contribution >= 0.6 is 0 Å². The van der Waals surface area contributed by atoms with Crippen molar-refractivity contribution in [2.45, 2.75) is 18.9 Å². The van der Waals surface area contributed by atoms with Crippen LogP contribution in [0.5, 0.6) is 0 Å². The minimum absolute atomic E-state index is 0. The molecule has 0 heterocycles. The van der Waals surface area contributed by atoms with Gasteiger partial charge in [0.15, 0.2) is 0 Å². The van der Waals surface area contributed by atoms with Crippen LogP contribution < -0.4 is 0 Å². The van der Waals surface area contributed by atoms with Crippen molar-refractivity contribution >= 4 is 25.3 Å². The van der Waals surface area contributed by atoms with E-state index < -0.39 is 0 Å². The van der Waals surface area contributed by atoms with Crippen LogP contribution in [-0.4, -0.2) is 31.4 Å². The van der Waals surface area contributed by atoms with Gasteiger partial charge in [-0.3, -0.25) is 4.79 Å². The van der Waals surface area contributed by atoms with Crippen molar-refractivity contribution in [1.29, 1.82) is 0 Å². The zero-order valence-corrected chi connectivity index (χ0v) is 4.59.